The van der Waals surface area contributed by atoms with Crippen LogP contribution in [0.3, 0.4) is 0 Å². The Bertz CT molecular complexity index is 1240. The zero-order valence-corrected chi connectivity index (χ0v) is 17.9. The van der Waals surface area contributed by atoms with Crippen molar-refractivity contribution in [2.24, 2.45) is 0 Å². The predicted molar refractivity (Wildman–Crippen MR) is 118 cm³/mol. The van der Waals surface area contributed by atoms with Crippen LogP contribution in [0.25, 0.3) is 5.69 Å². The summed E-state index contributed by atoms with van der Waals surface area (Å²) in [4.78, 5) is 21.7. The van der Waals surface area contributed by atoms with Gasteiger partial charge in [0.25, 0.3) is 5.91 Å². The van der Waals surface area contributed by atoms with Crippen LogP contribution in [0.2, 0.25) is 10.0 Å². The normalized spacial score (nSPS) is 15.1. The number of halogens is 2. The third kappa shape index (κ3) is 3.82. The highest BCUT2D eigenvalue weighted by molar-refractivity contribution is 6.36. The number of nitrogens with one attached hydrogen (secondary N) is 2. The van der Waals surface area contributed by atoms with Gasteiger partial charge < -0.3 is 9.88 Å². The Hall–Kier alpha value is -3.16. The van der Waals surface area contributed by atoms with Crippen molar-refractivity contribution in [1.29, 1.82) is 0 Å². The molecule has 5 rings (SSSR count). The first-order valence-corrected chi connectivity index (χ1v) is 10.6. The van der Waals surface area contributed by atoms with E-state index in [-0.39, 0.29) is 17.8 Å². The van der Waals surface area contributed by atoms with Crippen molar-refractivity contribution in [3.63, 3.8) is 0 Å². The highest BCUT2D eigenvalue weighted by Crippen LogP contribution is 2.29. The fourth-order valence-electron chi connectivity index (χ4n) is 3.87. The summed E-state index contributed by atoms with van der Waals surface area (Å²) in [5, 5.41) is 11.0. The SMILES string of the molecule is O=C(N[C@@H]1CCc2ccccc2-n2ccnc21)c1n[nH]c(Cc2c(Cl)cccc2Cl)n1. The topological polar surface area (TPSA) is 88.5 Å². The number of imidazole rings is 1. The first-order valence-electron chi connectivity index (χ1n) is 9.86. The minimum atomic E-state index is -0.363. The van der Waals surface area contributed by atoms with Crippen LogP contribution in [-0.2, 0) is 12.8 Å². The molecule has 1 aliphatic rings. The number of aromatic nitrogens is 5. The van der Waals surface area contributed by atoms with E-state index >= 15 is 0 Å². The second-order valence-corrected chi connectivity index (χ2v) is 8.15. The Morgan fingerprint density at radius 3 is 2.81 bits per heavy atom. The Balaban J connectivity index is 1.35. The number of hydrogen-bond acceptors (Lipinski definition) is 4. The lowest BCUT2D eigenvalue weighted by molar-refractivity contribution is 0.0922. The van der Waals surface area contributed by atoms with E-state index in [4.69, 9.17) is 23.2 Å². The van der Waals surface area contributed by atoms with Gasteiger partial charge in [-0.15, -0.1) is 5.10 Å². The van der Waals surface area contributed by atoms with E-state index in [9.17, 15) is 4.79 Å². The van der Waals surface area contributed by atoms with Gasteiger partial charge in [0.2, 0.25) is 5.82 Å². The number of carbonyl (C=O) groups excluding carboxylic acids is 1. The average molecular weight is 453 g/mol. The molecule has 0 bridgehead atoms. The van der Waals surface area contributed by atoms with Crippen LogP contribution in [0.5, 0.6) is 0 Å². The number of H-pyrrole nitrogens is 1. The van der Waals surface area contributed by atoms with Crippen molar-refractivity contribution in [1.82, 2.24) is 30.0 Å². The minimum absolute atomic E-state index is 0.0676. The lowest BCUT2D eigenvalue weighted by Crippen LogP contribution is -2.30. The van der Waals surface area contributed by atoms with E-state index in [2.05, 4.69) is 37.6 Å². The van der Waals surface area contributed by atoms with Crippen LogP contribution >= 0.6 is 23.2 Å². The second kappa shape index (κ2) is 8.17. The van der Waals surface area contributed by atoms with Gasteiger partial charge >= 0.3 is 0 Å². The molecule has 2 N–H and O–H groups in total. The number of carbonyl (C=O) groups is 1. The van der Waals surface area contributed by atoms with Crippen LogP contribution in [0.4, 0.5) is 0 Å². The summed E-state index contributed by atoms with van der Waals surface area (Å²) < 4.78 is 2.02. The Morgan fingerprint density at radius 1 is 1.16 bits per heavy atom. The van der Waals surface area contributed by atoms with E-state index in [1.165, 1.54) is 5.56 Å². The maximum atomic E-state index is 12.9. The molecule has 31 heavy (non-hydrogen) atoms. The average Bonchev–Trinajstić information content (AvgIpc) is 3.41. The Labute approximate surface area is 188 Å². The molecule has 0 radical (unpaired) electrons. The number of para-hydroxylation sites is 1. The number of amides is 1. The van der Waals surface area contributed by atoms with Gasteiger partial charge in [-0.3, -0.25) is 9.89 Å². The molecular weight excluding hydrogens is 435 g/mol. The molecule has 0 spiro atoms. The zero-order chi connectivity index (χ0) is 21.4. The number of nitrogens with zero attached hydrogens (tertiary/aromatic N) is 4. The van der Waals surface area contributed by atoms with Gasteiger partial charge in [-0.25, -0.2) is 9.97 Å². The summed E-state index contributed by atoms with van der Waals surface area (Å²) in [6.07, 6.45) is 5.56. The molecule has 7 nitrogen and oxygen atoms in total. The van der Waals surface area contributed by atoms with E-state index in [0.717, 1.165) is 29.9 Å². The molecule has 0 unspecified atom stereocenters. The zero-order valence-electron chi connectivity index (χ0n) is 16.3. The van der Waals surface area contributed by atoms with Gasteiger partial charge in [0, 0.05) is 34.5 Å². The molecule has 0 saturated heterocycles. The molecule has 1 amide bonds. The third-order valence-corrected chi connectivity index (χ3v) is 6.09. The standard InChI is InChI=1S/C22H18Cl2N6O/c23-15-5-3-6-16(24)14(15)12-19-27-20(29-28-19)22(31)26-17-9-8-13-4-1-2-7-18(13)30-11-10-25-21(17)30/h1-7,10-11,17H,8-9,12H2,(H,26,31)(H,27,28,29)/t17-/m1/s1. The molecule has 3 heterocycles. The van der Waals surface area contributed by atoms with Crippen LogP contribution < -0.4 is 5.32 Å². The van der Waals surface area contributed by atoms with E-state index in [0.29, 0.717) is 22.3 Å². The van der Waals surface area contributed by atoms with Crippen LogP contribution in [0, 0.1) is 0 Å². The molecule has 0 saturated carbocycles. The lowest BCUT2D eigenvalue weighted by atomic mass is 10.1. The van der Waals surface area contributed by atoms with Gasteiger partial charge in [0.05, 0.1) is 6.04 Å². The Kier molecular flexibility index (Phi) is 5.21. The van der Waals surface area contributed by atoms with Crippen LogP contribution in [0.15, 0.2) is 54.9 Å². The van der Waals surface area contributed by atoms with Crippen molar-refractivity contribution in [2.75, 3.05) is 0 Å². The molecular formula is C22H18Cl2N6O. The molecule has 9 heteroatoms. The van der Waals surface area contributed by atoms with Crippen molar-refractivity contribution >= 4 is 29.1 Å². The summed E-state index contributed by atoms with van der Waals surface area (Å²) >= 11 is 12.5. The predicted octanol–water partition coefficient (Wildman–Crippen LogP) is 4.31. The van der Waals surface area contributed by atoms with Gasteiger partial charge in [0.15, 0.2) is 0 Å². The molecule has 156 valence electrons. The molecule has 0 fully saturated rings. The Morgan fingerprint density at radius 2 is 1.97 bits per heavy atom. The number of hydrogen-bond donors (Lipinski definition) is 2. The fraction of sp³-hybridized carbons (Fsp3) is 0.182. The number of aromatic amines is 1. The van der Waals surface area contributed by atoms with Crippen molar-refractivity contribution in [3.05, 3.63) is 93.5 Å². The van der Waals surface area contributed by atoms with Gasteiger partial charge in [-0.1, -0.05) is 47.5 Å². The van der Waals surface area contributed by atoms with Crippen LogP contribution in [0.1, 0.15) is 45.9 Å². The number of benzene rings is 2. The summed E-state index contributed by atoms with van der Waals surface area (Å²) in [5.74, 6) is 1.00. The van der Waals surface area contributed by atoms with Crippen molar-refractivity contribution in [3.8, 4) is 5.69 Å². The van der Waals surface area contributed by atoms with E-state index in [1.54, 1.807) is 24.4 Å². The maximum absolute atomic E-state index is 12.9. The highest BCUT2D eigenvalue weighted by Gasteiger charge is 2.26. The number of aryl methyl sites for hydroxylation is 1. The molecule has 1 atom stereocenters. The summed E-state index contributed by atoms with van der Waals surface area (Å²) in [7, 11) is 0. The summed E-state index contributed by atoms with van der Waals surface area (Å²) in [6.45, 7) is 0. The molecule has 1 aliphatic heterocycles. The quantitative estimate of drug-likeness (QED) is 0.482. The third-order valence-electron chi connectivity index (χ3n) is 5.38. The van der Waals surface area contributed by atoms with E-state index < -0.39 is 0 Å². The van der Waals surface area contributed by atoms with Gasteiger partial charge in [0.1, 0.15) is 11.6 Å². The van der Waals surface area contributed by atoms with Gasteiger partial charge in [-0.2, -0.15) is 0 Å². The molecule has 2 aromatic heterocycles. The largest absolute Gasteiger partial charge is 0.339 e. The number of fused-ring (bicyclic) bond motifs is 3. The molecule has 2 aromatic carbocycles. The number of rotatable bonds is 4. The molecule has 4 aromatic rings. The molecule has 0 aliphatic carbocycles. The van der Waals surface area contributed by atoms with Crippen molar-refractivity contribution in [2.45, 2.75) is 25.3 Å². The summed E-state index contributed by atoms with van der Waals surface area (Å²) in [6, 6.07) is 13.2. The van der Waals surface area contributed by atoms with Crippen molar-refractivity contribution < 1.29 is 4.79 Å². The smallest absolute Gasteiger partial charge is 0.291 e. The van der Waals surface area contributed by atoms with Gasteiger partial charge in [-0.05, 0) is 42.2 Å². The maximum Gasteiger partial charge on any atom is 0.291 e. The van der Waals surface area contributed by atoms with E-state index in [1.807, 2.05) is 22.9 Å². The van der Waals surface area contributed by atoms with Crippen LogP contribution in [-0.4, -0.2) is 30.6 Å². The monoisotopic (exact) mass is 452 g/mol. The highest BCUT2D eigenvalue weighted by atomic mass is 35.5. The first-order chi connectivity index (χ1) is 15.1. The second-order valence-electron chi connectivity index (χ2n) is 7.33. The first kappa shape index (κ1) is 19.8. The fourth-order valence-corrected chi connectivity index (χ4v) is 4.40. The minimum Gasteiger partial charge on any atom is -0.339 e. The lowest BCUT2D eigenvalue weighted by Gasteiger charge is -2.15. The summed E-state index contributed by atoms with van der Waals surface area (Å²) in [5.41, 5.74) is 3.04.